The van der Waals surface area contributed by atoms with Crippen LogP contribution in [-0.4, -0.2) is 37.9 Å². The topological polar surface area (TPSA) is 38.8 Å². The van der Waals surface area contributed by atoms with Gasteiger partial charge in [0.15, 0.2) is 11.5 Å². The SMILES string of the molecule is [2H]C([2H])([2H])Oc1cc2c(cc1OC)[C@@H]1CC(=O)[C@@H](CC(C)(C)C)CN1CC2. The van der Waals surface area contributed by atoms with E-state index in [4.69, 9.17) is 13.6 Å². The molecule has 0 radical (unpaired) electrons. The maximum Gasteiger partial charge on any atom is 0.161 e. The summed E-state index contributed by atoms with van der Waals surface area (Å²) in [6.07, 6.45) is 2.20. The zero-order valence-corrected chi connectivity index (χ0v) is 15.0. The van der Waals surface area contributed by atoms with Gasteiger partial charge in [-0.15, -0.1) is 0 Å². The first kappa shape index (κ1) is 13.7. The maximum absolute atomic E-state index is 12.8. The molecule has 4 nitrogen and oxygen atoms in total. The van der Waals surface area contributed by atoms with Crippen LogP contribution in [0.2, 0.25) is 0 Å². The second-order valence-electron chi connectivity index (χ2n) is 8.20. The molecule has 1 aromatic carbocycles. The van der Waals surface area contributed by atoms with E-state index >= 15 is 0 Å². The molecule has 0 N–H and O–H groups in total. The number of hydrogen-bond acceptors (Lipinski definition) is 4. The lowest BCUT2D eigenvalue weighted by molar-refractivity contribution is -0.130. The summed E-state index contributed by atoms with van der Waals surface area (Å²) in [6, 6.07) is 3.65. The first-order valence-corrected chi connectivity index (χ1v) is 8.63. The van der Waals surface area contributed by atoms with Crippen molar-refractivity contribution >= 4 is 5.78 Å². The summed E-state index contributed by atoms with van der Waals surface area (Å²) in [6.45, 7) is 8.18. The summed E-state index contributed by atoms with van der Waals surface area (Å²) in [4.78, 5) is 15.2. The zero-order chi connectivity index (χ0) is 20.0. The average molecular weight is 334 g/mol. The second-order valence-corrected chi connectivity index (χ2v) is 8.20. The molecule has 24 heavy (non-hydrogen) atoms. The van der Waals surface area contributed by atoms with Crippen LogP contribution in [0.5, 0.6) is 11.5 Å². The highest BCUT2D eigenvalue weighted by Crippen LogP contribution is 2.43. The first-order valence-electron chi connectivity index (χ1n) is 10.1. The van der Waals surface area contributed by atoms with E-state index in [0.29, 0.717) is 18.0 Å². The van der Waals surface area contributed by atoms with E-state index in [2.05, 4.69) is 25.7 Å². The minimum Gasteiger partial charge on any atom is -0.493 e. The second kappa shape index (κ2) is 6.40. The summed E-state index contributed by atoms with van der Waals surface area (Å²) in [7, 11) is -1.02. The van der Waals surface area contributed by atoms with E-state index < -0.39 is 7.04 Å². The lowest BCUT2D eigenvalue weighted by Gasteiger charge is -2.44. The van der Waals surface area contributed by atoms with Gasteiger partial charge in [-0.05, 0) is 41.5 Å². The van der Waals surface area contributed by atoms with Gasteiger partial charge in [0, 0.05) is 31.5 Å². The average Bonchev–Trinajstić information content (AvgIpc) is 2.52. The lowest BCUT2D eigenvalue weighted by atomic mass is 9.76. The minimum atomic E-state index is -2.52. The van der Waals surface area contributed by atoms with E-state index in [1.807, 2.05) is 6.07 Å². The van der Waals surface area contributed by atoms with Crippen LogP contribution >= 0.6 is 0 Å². The monoisotopic (exact) mass is 334 g/mol. The van der Waals surface area contributed by atoms with E-state index in [9.17, 15) is 4.79 Å². The lowest BCUT2D eigenvalue weighted by Crippen LogP contribution is -2.47. The van der Waals surface area contributed by atoms with Gasteiger partial charge in [-0.3, -0.25) is 9.69 Å². The summed E-state index contributed by atoms with van der Waals surface area (Å²) < 4.78 is 32.5. The summed E-state index contributed by atoms with van der Waals surface area (Å²) >= 11 is 0. The van der Waals surface area contributed by atoms with Crippen LogP contribution in [0.3, 0.4) is 0 Å². The van der Waals surface area contributed by atoms with Crippen molar-refractivity contribution in [3.8, 4) is 11.5 Å². The normalized spacial score (nSPS) is 26.7. The van der Waals surface area contributed by atoms with Gasteiger partial charge in [0.05, 0.1) is 18.3 Å². The number of rotatable bonds is 3. The molecule has 1 saturated heterocycles. The zero-order valence-electron chi connectivity index (χ0n) is 18.0. The first-order chi connectivity index (χ1) is 12.5. The predicted octanol–water partition coefficient (Wildman–Crippen LogP) is 3.63. The molecule has 2 atom stereocenters. The van der Waals surface area contributed by atoms with Gasteiger partial charge < -0.3 is 9.47 Å². The minimum absolute atomic E-state index is 0.0354. The third kappa shape index (κ3) is 3.30. The Morgan fingerprint density at radius 3 is 2.71 bits per heavy atom. The fraction of sp³-hybridized carbons (Fsp3) is 0.650. The highest BCUT2D eigenvalue weighted by molar-refractivity contribution is 5.83. The van der Waals surface area contributed by atoms with Crippen LogP contribution in [0.1, 0.15) is 54.9 Å². The van der Waals surface area contributed by atoms with Crippen LogP contribution in [0.25, 0.3) is 0 Å². The molecule has 0 aromatic heterocycles. The number of Topliss-reactive ketones (excluding diaryl/α,β-unsaturated/α-hetero) is 1. The molecule has 2 heterocycles. The van der Waals surface area contributed by atoms with Crippen LogP contribution in [0.15, 0.2) is 12.1 Å². The number of nitrogens with zero attached hydrogens (tertiary/aromatic N) is 1. The Morgan fingerprint density at radius 1 is 1.29 bits per heavy atom. The van der Waals surface area contributed by atoms with Gasteiger partial charge in [0.25, 0.3) is 0 Å². The van der Waals surface area contributed by atoms with Crippen LogP contribution in [0.4, 0.5) is 0 Å². The highest BCUT2D eigenvalue weighted by atomic mass is 16.5. The Bertz CT molecular complexity index is 724. The summed E-state index contributed by atoms with van der Waals surface area (Å²) in [5, 5.41) is 0. The van der Waals surface area contributed by atoms with Gasteiger partial charge in [0.1, 0.15) is 5.78 Å². The van der Waals surface area contributed by atoms with Gasteiger partial charge in [0.2, 0.25) is 0 Å². The van der Waals surface area contributed by atoms with Crippen molar-refractivity contribution in [1.82, 2.24) is 4.90 Å². The Labute approximate surface area is 149 Å². The van der Waals surface area contributed by atoms with Crippen molar-refractivity contribution < 1.29 is 18.4 Å². The number of piperidine rings is 1. The molecule has 0 saturated carbocycles. The largest absolute Gasteiger partial charge is 0.493 e. The third-order valence-electron chi connectivity index (χ3n) is 5.17. The van der Waals surface area contributed by atoms with E-state index in [1.54, 1.807) is 6.07 Å². The maximum atomic E-state index is 12.8. The van der Waals surface area contributed by atoms with Crippen LogP contribution in [-0.2, 0) is 11.2 Å². The molecule has 1 aromatic rings. The van der Waals surface area contributed by atoms with Crippen molar-refractivity contribution in [3.63, 3.8) is 0 Å². The molecule has 2 aliphatic rings. The van der Waals surface area contributed by atoms with Crippen molar-refractivity contribution in [2.24, 2.45) is 11.3 Å². The quantitative estimate of drug-likeness (QED) is 0.846. The molecule has 0 aliphatic carbocycles. The summed E-state index contributed by atoms with van der Waals surface area (Å²) in [5.74, 6) is 1.04. The molecule has 0 unspecified atom stereocenters. The number of ether oxygens (including phenoxy) is 2. The third-order valence-corrected chi connectivity index (χ3v) is 5.17. The number of methoxy groups -OCH3 is 2. The fourth-order valence-corrected chi connectivity index (χ4v) is 4.12. The number of fused-ring (bicyclic) bond motifs is 3. The van der Waals surface area contributed by atoms with E-state index in [0.717, 1.165) is 37.1 Å². The van der Waals surface area contributed by atoms with Crippen molar-refractivity contribution in [1.29, 1.82) is 0 Å². The number of hydrogen-bond donors (Lipinski definition) is 0. The Hall–Kier alpha value is -1.55. The van der Waals surface area contributed by atoms with Gasteiger partial charge in [-0.1, -0.05) is 20.8 Å². The number of carbonyl (C=O) groups is 1. The van der Waals surface area contributed by atoms with Gasteiger partial charge >= 0.3 is 0 Å². The number of carbonyl (C=O) groups excluding carboxylic acids is 1. The van der Waals surface area contributed by atoms with Crippen molar-refractivity contribution in [3.05, 3.63) is 23.3 Å². The molecule has 1 fully saturated rings. The molecule has 0 bridgehead atoms. The van der Waals surface area contributed by atoms with Crippen molar-refractivity contribution in [2.75, 3.05) is 27.2 Å². The van der Waals surface area contributed by atoms with Crippen molar-refractivity contribution in [2.45, 2.75) is 46.1 Å². The molecule has 4 heteroatoms. The van der Waals surface area contributed by atoms with Gasteiger partial charge in [-0.2, -0.15) is 0 Å². The highest BCUT2D eigenvalue weighted by Gasteiger charge is 2.39. The standard InChI is InChI=1S/C20H29NO3/c1-20(2,3)11-14-12-21-7-6-13-8-18(23-4)19(24-5)9-15(13)16(21)10-17(14)22/h8-9,14,16H,6-7,10-12H2,1-5H3/t14-,16-/m0/s1/i4D3. The number of ketones is 1. The van der Waals surface area contributed by atoms with E-state index in [1.165, 1.54) is 7.11 Å². The predicted molar refractivity (Wildman–Crippen MR) is 94.8 cm³/mol. The number of benzene rings is 1. The summed E-state index contributed by atoms with van der Waals surface area (Å²) in [5.41, 5.74) is 2.22. The molecular formula is C20H29NO3. The molecule has 3 rings (SSSR count). The molecule has 0 amide bonds. The van der Waals surface area contributed by atoms with Gasteiger partial charge in [-0.25, -0.2) is 0 Å². The Morgan fingerprint density at radius 2 is 2.04 bits per heavy atom. The molecular weight excluding hydrogens is 302 g/mol. The fourth-order valence-electron chi connectivity index (χ4n) is 4.12. The van der Waals surface area contributed by atoms with E-state index in [-0.39, 0.29) is 23.1 Å². The Kier molecular flexibility index (Phi) is 3.65. The van der Waals surface area contributed by atoms with Crippen LogP contribution in [0, 0.1) is 11.3 Å². The molecule has 0 spiro atoms. The van der Waals surface area contributed by atoms with Crippen LogP contribution < -0.4 is 9.47 Å². The molecule has 2 aliphatic heterocycles. The smallest absolute Gasteiger partial charge is 0.161 e. The Balaban J connectivity index is 1.87. The molecule has 132 valence electrons.